The summed E-state index contributed by atoms with van der Waals surface area (Å²) in [6.07, 6.45) is 4.96. The van der Waals surface area contributed by atoms with Crippen molar-refractivity contribution in [2.24, 2.45) is 11.8 Å². The van der Waals surface area contributed by atoms with Gasteiger partial charge in [0.2, 0.25) is 5.91 Å². The summed E-state index contributed by atoms with van der Waals surface area (Å²) in [4.78, 5) is 39.7. The van der Waals surface area contributed by atoms with Gasteiger partial charge in [0.25, 0.3) is 0 Å². The highest BCUT2D eigenvalue weighted by Crippen LogP contribution is 2.40. The number of halogens is 1. The molecule has 1 saturated carbocycles. The van der Waals surface area contributed by atoms with Gasteiger partial charge in [0.15, 0.2) is 5.82 Å². The van der Waals surface area contributed by atoms with E-state index in [1.807, 2.05) is 30.9 Å². The molecule has 2 heterocycles. The molecule has 4 rings (SSSR count). The van der Waals surface area contributed by atoms with Crippen LogP contribution in [-0.4, -0.2) is 45.2 Å². The highest BCUT2D eigenvalue weighted by molar-refractivity contribution is 6.10. The fourth-order valence-electron chi connectivity index (χ4n) is 5.33. The van der Waals surface area contributed by atoms with Crippen LogP contribution in [0.1, 0.15) is 55.2 Å². The second-order valence-electron chi connectivity index (χ2n) is 8.97. The van der Waals surface area contributed by atoms with E-state index in [0.29, 0.717) is 37.5 Å². The molecule has 6 nitrogen and oxygen atoms in total. The van der Waals surface area contributed by atoms with Crippen LogP contribution in [-0.2, 0) is 14.4 Å². The quantitative estimate of drug-likeness (QED) is 0.706. The number of aromatic nitrogens is 2. The molecule has 1 aromatic carbocycles. The third-order valence-corrected chi connectivity index (χ3v) is 6.91. The molecule has 1 aromatic heterocycles. The van der Waals surface area contributed by atoms with Gasteiger partial charge >= 0.3 is 0 Å². The monoisotopic (exact) mass is 425 g/mol. The lowest BCUT2D eigenvalue weighted by Crippen LogP contribution is -2.42. The average Bonchev–Trinajstić information content (AvgIpc) is 3.15. The molecule has 1 amide bonds. The first-order valence-corrected chi connectivity index (χ1v) is 10.9. The van der Waals surface area contributed by atoms with Crippen LogP contribution >= 0.6 is 0 Å². The number of carbonyl (C=O) groups is 3. The van der Waals surface area contributed by atoms with Crippen LogP contribution in [0, 0.1) is 31.5 Å². The van der Waals surface area contributed by atoms with Gasteiger partial charge in [0.05, 0.1) is 18.1 Å². The number of nitrogens with zero attached hydrogens (tertiary/aromatic N) is 3. The van der Waals surface area contributed by atoms with Crippen molar-refractivity contribution in [1.82, 2.24) is 14.7 Å². The minimum absolute atomic E-state index is 0.0145. The van der Waals surface area contributed by atoms with E-state index in [2.05, 4.69) is 5.10 Å². The van der Waals surface area contributed by atoms with Gasteiger partial charge in [-0.3, -0.25) is 14.4 Å². The number of likely N-dealkylation sites (tertiary alicyclic amines) is 1. The standard InChI is InChI=1S/C24H28FN3O3/c1-14-8-20(28-13-19(25)12-26-28)9-15(2)23(14)24-21(30)10-18(11-22(24)31)17-4-6-27(7-5-17)16(3)29/h8-9,12-13,17-18,24H,4-7,10-11H2,1-3H3. The van der Waals surface area contributed by atoms with Crippen LogP contribution in [0.2, 0.25) is 0 Å². The Balaban J connectivity index is 1.52. The third kappa shape index (κ3) is 4.18. The Morgan fingerprint density at radius 2 is 1.61 bits per heavy atom. The smallest absolute Gasteiger partial charge is 0.219 e. The molecule has 2 aromatic rings. The van der Waals surface area contributed by atoms with Crippen LogP contribution in [0.15, 0.2) is 24.5 Å². The summed E-state index contributed by atoms with van der Waals surface area (Å²) in [7, 11) is 0. The SMILES string of the molecule is CC(=O)N1CCC(C2CC(=O)C(c3c(C)cc(-n4cc(F)cn4)cc3C)C(=O)C2)CC1. The van der Waals surface area contributed by atoms with Gasteiger partial charge in [-0.25, -0.2) is 9.07 Å². The summed E-state index contributed by atoms with van der Waals surface area (Å²) in [6, 6.07) is 3.69. The number of amides is 1. The van der Waals surface area contributed by atoms with Crippen LogP contribution in [0.3, 0.4) is 0 Å². The molecule has 0 radical (unpaired) electrons. The van der Waals surface area contributed by atoms with Gasteiger partial charge in [-0.15, -0.1) is 0 Å². The van der Waals surface area contributed by atoms with Gasteiger partial charge in [-0.05, 0) is 67.3 Å². The highest BCUT2D eigenvalue weighted by Gasteiger charge is 2.41. The van der Waals surface area contributed by atoms with E-state index >= 15 is 0 Å². The van der Waals surface area contributed by atoms with E-state index < -0.39 is 11.7 Å². The van der Waals surface area contributed by atoms with E-state index in [0.717, 1.165) is 35.7 Å². The zero-order chi connectivity index (χ0) is 22.3. The number of hydrogen-bond acceptors (Lipinski definition) is 4. The van der Waals surface area contributed by atoms with Crippen molar-refractivity contribution in [2.75, 3.05) is 13.1 Å². The molecule has 1 aliphatic carbocycles. The number of aryl methyl sites for hydroxylation is 2. The first kappa shape index (κ1) is 21.4. The van der Waals surface area contributed by atoms with E-state index in [9.17, 15) is 18.8 Å². The molecule has 2 fully saturated rings. The Bertz CT molecular complexity index is 995. The second kappa shape index (κ2) is 8.36. The molecule has 0 unspecified atom stereocenters. The molecule has 0 spiro atoms. The van der Waals surface area contributed by atoms with Crippen molar-refractivity contribution in [2.45, 2.75) is 52.4 Å². The Hall–Kier alpha value is -2.83. The average molecular weight is 426 g/mol. The lowest BCUT2D eigenvalue weighted by molar-refractivity contribution is -0.136. The van der Waals surface area contributed by atoms with Crippen LogP contribution in [0.25, 0.3) is 5.69 Å². The van der Waals surface area contributed by atoms with Gasteiger partial charge < -0.3 is 4.90 Å². The number of benzene rings is 1. The molecule has 1 saturated heterocycles. The van der Waals surface area contributed by atoms with Crippen molar-refractivity contribution in [1.29, 1.82) is 0 Å². The largest absolute Gasteiger partial charge is 0.343 e. The van der Waals surface area contributed by atoms with Crippen molar-refractivity contribution >= 4 is 17.5 Å². The lowest BCUT2D eigenvalue weighted by atomic mass is 9.69. The summed E-state index contributed by atoms with van der Waals surface area (Å²) < 4.78 is 14.8. The normalized spacial score (nSPS) is 22.8. The van der Waals surface area contributed by atoms with E-state index in [1.165, 1.54) is 10.9 Å². The maximum absolute atomic E-state index is 13.3. The fraction of sp³-hybridized carbons (Fsp3) is 0.500. The van der Waals surface area contributed by atoms with Crippen molar-refractivity contribution < 1.29 is 18.8 Å². The molecule has 164 valence electrons. The number of hydrogen-bond donors (Lipinski definition) is 0. The number of piperidine rings is 1. The maximum atomic E-state index is 13.3. The van der Waals surface area contributed by atoms with Crippen LogP contribution in [0.4, 0.5) is 4.39 Å². The highest BCUT2D eigenvalue weighted by atomic mass is 19.1. The van der Waals surface area contributed by atoms with Gasteiger partial charge in [-0.1, -0.05) is 0 Å². The number of ketones is 2. The fourth-order valence-corrected chi connectivity index (χ4v) is 5.33. The van der Waals surface area contributed by atoms with E-state index in [4.69, 9.17) is 0 Å². The predicted octanol–water partition coefficient (Wildman–Crippen LogP) is 3.52. The van der Waals surface area contributed by atoms with Crippen molar-refractivity contribution in [3.05, 3.63) is 47.0 Å². The molecular weight excluding hydrogens is 397 g/mol. The zero-order valence-electron chi connectivity index (χ0n) is 18.2. The Morgan fingerprint density at radius 1 is 1.03 bits per heavy atom. The molecule has 7 heteroatoms. The summed E-state index contributed by atoms with van der Waals surface area (Å²) >= 11 is 0. The minimum atomic E-state index is -0.725. The Kier molecular flexibility index (Phi) is 5.77. The maximum Gasteiger partial charge on any atom is 0.219 e. The van der Waals surface area contributed by atoms with Crippen molar-refractivity contribution in [3.63, 3.8) is 0 Å². The number of Topliss-reactive ketones (excluding diaryl/α,β-unsaturated/α-hetero) is 2. The summed E-state index contributed by atoms with van der Waals surface area (Å²) in [6.45, 7) is 6.76. The van der Waals surface area contributed by atoms with E-state index in [1.54, 1.807) is 6.92 Å². The minimum Gasteiger partial charge on any atom is -0.343 e. The summed E-state index contributed by atoms with van der Waals surface area (Å²) in [5, 5.41) is 4.00. The molecule has 0 N–H and O–H groups in total. The molecule has 31 heavy (non-hydrogen) atoms. The Labute approximate surface area is 181 Å². The lowest BCUT2D eigenvalue weighted by Gasteiger charge is -2.38. The zero-order valence-corrected chi connectivity index (χ0v) is 18.2. The second-order valence-corrected chi connectivity index (χ2v) is 8.97. The molecule has 0 bridgehead atoms. The van der Waals surface area contributed by atoms with E-state index in [-0.39, 0.29) is 23.4 Å². The number of rotatable bonds is 3. The first-order valence-electron chi connectivity index (χ1n) is 10.9. The third-order valence-electron chi connectivity index (χ3n) is 6.91. The summed E-state index contributed by atoms with van der Waals surface area (Å²) in [5.41, 5.74) is 3.15. The number of carbonyl (C=O) groups excluding carboxylic acids is 3. The molecule has 2 aliphatic rings. The topological polar surface area (TPSA) is 72.3 Å². The molecular formula is C24H28FN3O3. The first-order chi connectivity index (χ1) is 14.7. The molecule has 1 aliphatic heterocycles. The summed E-state index contributed by atoms with van der Waals surface area (Å²) in [5.74, 6) is -0.713. The van der Waals surface area contributed by atoms with Crippen LogP contribution < -0.4 is 0 Å². The van der Waals surface area contributed by atoms with Gasteiger partial charge in [-0.2, -0.15) is 5.10 Å². The van der Waals surface area contributed by atoms with Crippen LogP contribution in [0.5, 0.6) is 0 Å². The van der Waals surface area contributed by atoms with Gasteiger partial charge in [0, 0.05) is 32.9 Å². The van der Waals surface area contributed by atoms with Gasteiger partial charge in [0.1, 0.15) is 17.5 Å². The van der Waals surface area contributed by atoms with Crippen molar-refractivity contribution in [3.8, 4) is 5.69 Å². The molecule has 0 atom stereocenters. The predicted molar refractivity (Wildman–Crippen MR) is 113 cm³/mol. The Morgan fingerprint density at radius 3 is 2.10 bits per heavy atom.